The van der Waals surface area contributed by atoms with Crippen molar-refractivity contribution in [2.45, 2.75) is 52.0 Å². The van der Waals surface area contributed by atoms with Crippen molar-refractivity contribution in [3.8, 4) is 0 Å². The molecular formula is C13H26N2OS. The van der Waals surface area contributed by atoms with Crippen molar-refractivity contribution < 1.29 is 4.74 Å². The predicted molar refractivity (Wildman–Crippen MR) is 76.3 cm³/mol. The van der Waals surface area contributed by atoms with Crippen LogP contribution in [0.15, 0.2) is 0 Å². The zero-order valence-corrected chi connectivity index (χ0v) is 12.0. The number of thiocarbonyl (C=S) groups is 1. The molecule has 17 heavy (non-hydrogen) atoms. The van der Waals surface area contributed by atoms with E-state index in [2.05, 4.69) is 17.1 Å². The van der Waals surface area contributed by atoms with E-state index >= 15 is 0 Å². The van der Waals surface area contributed by atoms with Crippen molar-refractivity contribution in [3.63, 3.8) is 0 Å². The maximum absolute atomic E-state index is 5.46. The van der Waals surface area contributed by atoms with Crippen LogP contribution < -0.4 is 5.32 Å². The molecule has 0 aromatic carbocycles. The first-order valence-electron chi connectivity index (χ1n) is 6.91. The third kappa shape index (κ3) is 6.22. The van der Waals surface area contributed by atoms with E-state index in [1.165, 1.54) is 25.7 Å². The smallest absolute Gasteiger partial charge is 0.169 e. The minimum Gasteiger partial charge on any atom is -0.382 e. The lowest BCUT2D eigenvalue weighted by Gasteiger charge is -2.25. The molecule has 100 valence electrons. The molecule has 1 rings (SSSR count). The van der Waals surface area contributed by atoms with Gasteiger partial charge in [-0.05, 0) is 44.8 Å². The molecule has 0 saturated heterocycles. The van der Waals surface area contributed by atoms with Crippen molar-refractivity contribution in [3.05, 3.63) is 0 Å². The second-order valence-electron chi connectivity index (χ2n) is 4.56. The molecule has 1 aliphatic carbocycles. The van der Waals surface area contributed by atoms with Gasteiger partial charge in [0, 0.05) is 32.3 Å². The lowest BCUT2D eigenvalue weighted by Crippen LogP contribution is -2.42. The molecule has 0 bridgehead atoms. The summed E-state index contributed by atoms with van der Waals surface area (Å²) < 4.78 is 5.30. The number of hydrogen-bond acceptors (Lipinski definition) is 2. The van der Waals surface area contributed by atoms with Crippen molar-refractivity contribution in [2.24, 2.45) is 0 Å². The summed E-state index contributed by atoms with van der Waals surface area (Å²) in [7, 11) is 0. The molecule has 1 N–H and O–H groups in total. The molecule has 0 radical (unpaired) electrons. The van der Waals surface area contributed by atoms with Crippen LogP contribution >= 0.6 is 12.2 Å². The standard InChI is InChI=1S/C13H26N2OS/c1-3-5-10-15(12-7-8-12)13(17)14-9-6-11-16-4-2/h12H,3-11H2,1-2H3,(H,14,17). The molecule has 1 fully saturated rings. The van der Waals surface area contributed by atoms with Gasteiger partial charge in [-0.3, -0.25) is 0 Å². The van der Waals surface area contributed by atoms with Crippen LogP contribution in [0.3, 0.4) is 0 Å². The fraction of sp³-hybridized carbons (Fsp3) is 0.923. The summed E-state index contributed by atoms with van der Waals surface area (Å²) in [6.07, 6.45) is 6.11. The second-order valence-corrected chi connectivity index (χ2v) is 4.95. The average molecular weight is 258 g/mol. The Hall–Kier alpha value is -0.350. The maximum atomic E-state index is 5.46. The molecular weight excluding hydrogens is 232 g/mol. The SMILES string of the molecule is CCCCN(C(=S)NCCCOCC)C1CC1. The van der Waals surface area contributed by atoms with Crippen LogP contribution in [0.2, 0.25) is 0 Å². The fourth-order valence-corrected chi connectivity index (χ4v) is 2.12. The van der Waals surface area contributed by atoms with Crippen molar-refractivity contribution >= 4 is 17.3 Å². The number of nitrogens with one attached hydrogen (secondary N) is 1. The first-order chi connectivity index (χ1) is 8.29. The van der Waals surface area contributed by atoms with Crippen LogP contribution in [-0.4, -0.2) is 42.4 Å². The van der Waals surface area contributed by atoms with Gasteiger partial charge in [-0.15, -0.1) is 0 Å². The maximum Gasteiger partial charge on any atom is 0.169 e. The van der Waals surface area contributed by atoms with Gasteiger partial charge in [0.1, 0.15) is 0 Å². The summed E-state index contributed by atoms with van der Waals surface area (Å²) in [5.74, 6) is 0. The highest BCUT2D eigenvalue weighted by Crippen LogP contribution is 2.27. The Labute approximate surface area is 111 Å². The molecule has 4 heteroatoms. The first kappa shape index (κ1) is 14.7. The summed E-state index contributed by atoms with van der Waals surface area (Å²) in [5.41, 5.74) is 0. The van der Waals surface area contributed by atoms with E-state index < -0.39 is 0 Å². The normalized spacial score (nSPS) is 14.7. The Balaban J connectivity index is 2.13. The van der Waals surface area contributed by atoms with E-state index in [4.69, 9.17) is 17.0 Å². The van der Waals surface area contributed by atoms with Gasteiger partial charge in [-0.25, -0.2) is 0 Å². The first-order valence-corrected chi connectivity index (χ1v) is 7.32. The monoisotopic (exact) mass is 258 g/mol. The predicted octanol–water partition coefficient (Wildman–Crippen LogP) is 2.55. The lowest BCUT2D eigenvalue weighted by molar-refractivity contribution is 0.145. The zero-order valence-electron chi connectivity index (χ0n) is 11.2. The van der Waals surface area contributed by atoms with E-state index in [1.807, 2.05) is 6.92 Å². The van der Waals surface area contributed by atoms with Crippen molar-refractivity contribution in [1.29, 1.82) is 0 Å². The molecule has 1 saturated carbocycles. The quantitative estimate of drug-likeness (QED) is 0.507. The van der Waals surface area contributed by atoms with Gasteiger partial charge < -0.3 is 15.0 Å². The number of rotatable bonds is 9. The highest BCUT2D eigenvalue weighted by atomic mass is 32.1. The van der Waals surface area contributed by atoms with Crippen LogP contribution in [0.5, 0.6) is 0 Å². The summed E-state index contributed by atoms with van der Waals surface area (Å²) >= 11 is 5.46. The minimum absolute atomic E-state index is 0.716. The molecule has 0 aromatic rings. The highest BCUT2D eigenvalue weighted by molar-refractivity contribution is 7.80. The van der Waals surface area contributed by atoms with E-state index in [9.17, 15) is 0 Å². The van der Waals surface area contributed by atoms with E-state index in [-0.39, 0.29) is 0 Å². The van der Waals surface area contributed by atoms with Crippen LogP contribution in [0, 0.1) is 0 Å². The largest absolute Gasteiger partial charge is 0.382 e. The molecule has 0 aromatic heterocycles. The Kier molecular flexibility index (Phi) is 7.53. The fourth-order valence-electron chi connectivity index (χ4n) is 1.78. The van der Waals surface area contributed by atoms with Crippen LogP contribution in [0.1, 0.15) is 46.0 Å². The summed E-state index contributed by atoms with van der Waals surface area (Å²) in [5, 5.41) is 4.29. The van der Waals surface area contributed by atoms with E-state index in [0.29, 0.717) is 6.04 Å². The number of hydrogen-bond donors (Lipinski definition) is 1. The third-order valence-electron chi connectivity index (χ3n) is 2.95. The highest BCUT2D eigenvalue weighted by Gasteiger charge is 2.29. The van der Waals surface area contributed by atoms with Gasteiger partial charge in [0.25, 0.3) is 0 Å². The van der Waals surface area contributed by atoms with Crippen molar-refractivity contribution in [2.75, 3.05) is 26.3 Å². The Morgan fingerprint density at radius 3 is 2.71 bits per heavy atom. The molecule has 3 nitrogen and oxygen atoms in total. The Morgan fingerprint density at radius 2 is 2.12 bits per heavy atom. The van der Waals surface area contributed by atoms with Gasteiger partial charge >= 0.3 is 0 Å². The Bertz CT molecular complexity index is 219. The number of nitrogens with zero attached hydrogens (tertiary/aromatic N) is 1. The number of ether oxygens (including phenoxy) is 1. The van der Waals surface area contributed by atoms with E-state index in [1.54, 1.807) is 0 Å². The van der Waals surface area contributed by atoms with Gasteiger partial charge in [0.05, 0.1) is 0 Å². The Morgan fingerprint density at radius 1 is 1.35 bits per heavy atom. The van der Waals surface area contributed by atoms with Gasteiger partial charge in [0.2, 0.25) is 0 Å². The van der Waals surface area contributed by atoms with Gasteiger partial charge in [0.15, 0.2) is 5.11 Å². The molecule has 0 unspecified atom stereocenters. The molecule has 0 amide bonds. The molecule has 0 aliphatic heterocycles. The topological polar surface area (TPSA) is 24.5 Å². The second kappa shape index (κ2) is 8.70. The molecule has 0 heterocycles. The van der Waals surface area contributed by atoms with Gasteiger partial charge in [-0.1, -0.05) is 13.3 Å². The average Bonchev–Trinajstić information content (AvgIpc) is 3.14. The minimum atomic E-state index is 0.716. The van der Waals surface area contributed by atoms with Crippen LogP contribution in [0.4, 0.5) is 0 Å². The lowest BCUT2D eigenvalue weighted by atomic mass is 10.3. The number of unbranched alkanes of at least 4 members (excludes halogenated alkanes) is 1. The van der Waals surface area contributed by atoms with Crippen LogP contribution in [0.25, 0.3) is 0 Å². The van der Waals surface area contributed by atoms with E-state index in [0.717, 1.165) is 37.8 Å². The van der Waals surface area contributed by atoms with Crippen molar-refractivity contribution in [1.82, 2.24) is 10.2 Å². The molecule has 1 aliphatic rings. The van der Waals surface area contributed by atoms with Gasteiger partial charge in [-0.2, -0.15) is 0 Å². The summed E-state index contributed by atoms with van der Waals surface area (Å²) in [4.78, 5) is 2.37. The summed E-state index contributed by atoms with van der Waals surface area (Å²) in [6, 6.07) is 0.716. The zero-order chi connectivity index (χ0) is 12.5. The third-order valence-corrected chi connectivity index (χ3v) is 3.33. The molecule has 0 atom stereocenters. The summed E-state index contributed by atoms with van der Waals surface area (Å²) in [6.45, 7) is 7.91. The van der Waals surface area contributed by atoms with Crippen LogP contribution in [-0.2, 0) is 4.74 Å². The molecule has 0 spiro atoms.